The van der Waals surface area contributed by atoms with Gasteiger partial charge in [-0.3, -0.25) is 10.1 Å². The van der Waals surface area contributed by atoms with Gasteiger partial charge in [0.05, 0.1) is 22.1 Å². The van der Waals surface area contributed by atoms with E-state index in [1.54, 1.807) is 32.0 Å². The molecule has 1 aromatic carbocycles. The zero-order chi connectivity index (χ0) is 14.7. The van der Waals surface area contributed by atoms with Crippen LogP contribution in [0.15, 0.2) is 30.3 Å². The van der Waals surface area contributed by atoms with Crippen molar-refractivity contribution in [2.45, 2.75) is 13.8 Å². The maximum Gasteiger partial charge on any atom is 0.276 e. The molecule has 0 radical (unpaired) electrons. The van der Waals surface area contributed by atoms with E-state index in [2.05, 4.69) is 4.98 Å². The van der Waals surface area contributed by atoms with Crippen LogP contribution in [0.5, 0.6) is 11.6 Å². The average Bonchev–Trinajstić information content (AvgIpc) is 2.40. The molecule has 6 nitrogen and oxygen atoms in total. The van der Waals surface area contributed by atoms with Gasteiger partial charge in [-0.1, -0.05) is 6.07 Å². The highest BCUT2D eigenvalue weighted by Crippen LogP contribution is 2.30. The van der Waals surface area contributed by atoms with Crippen LogP contribution in [0.1, 0.15) is 16.8 Å². The Morgan fingerprint density at radius 3 is 2.75 bits per heavy atom. The molecule has 0 atom stereocenters. The lowest BCUT2D eigenvalue weighted by molar-refractivity contribution is -0.385. The molecule has 0 aliphatic rings. The van der Waals surface area contributed by atoms with Gasteiger partial charge in [0.15, 0.2) is 0 Å². The second-order valence-corrected chi connectivity index (χ2v) is 4.21. The van der Waals surface area contributed by atoms with Gasteiger partial charge in [0.25, 0.3) is 5.69 Å². The van der Waals surface area contributed by atoms with Crippen molar-refractivity contribution in [2.75, 3.05) is 0 Å². The maximum absolute atomic E-state index is 10.9. The quantitative estimate of drug-likeness (QED) is 0.630. The first-order valence-electron chi connectivity index (χ1n) is 5.82. The van der Waals surface area contributed by atoms with E-state index in [0.29, 0.717) is 22.6 Å². The minimum atomic E-state index is -0.466. The molecule has 20 heavy (non-hydrogen) atoms. The van der Waals surface area contributed by atoms with Crippen LogP contribution in [-0.4, -0.2) is 9.91 Å². The molecule has 6 heteroatoms. The van der Waals surface area contributed by atoms with Gasteiger partial charge < -0.3 is 4.74 Å². The first-order chi connectivity index (χ1) is 9.51. The Bertz CT molecular complexity index is 720. The van der Waals surface area contributed by atoms with Crippen LogP contribution >= 0.6 is 0 Å². The maximum atomic E-state index is 10.9. The number of nitriles is 1. The van der Waals surface area contributed by atoms with Crippen molar-refractivity contribution >= 4 is 5.69 Å². The Kier molecular flexibility index (Phi) is 3.62. The number of ether oxygens (including phenoxy) is 1. The van der Waals surface area contributed by atoms with Crippen molar-refractivity contribution in [1.82, 2.24) is 4.98 Å². The molecule has 0 saturated carbocycles. The number of nitrogens with zero attached hydrogens (tertiary/aromatic N) is 3. The lowest BCUT2D eigenvalue weighted by atomic mass is 10.2. The molecule has 0 aliphatic heterocycles. The third-order valence-electron chi connectivity index (χ3n) is 2.73. The van der Waals surface area contributed by atoms with E-state index < -0.39 is 4.92 Å². The van der Waals surface area contributed by atoms with Crippen molar-refractivity contribution in [3.05, 3.63) is 57.3 Å². The second-order valence-electron chi connectivity index (χ2n) is 4.21. The Morgan fingerprint density at radius 1 is 1.35 bits per heavy atom. The molecule has 0 spiro atoms. The van der Waals surface area contributed by atoms with Gasteiger partial charge in [-0.15, -0.1) is 0 Å². The number of aryl methyl sites for hydroxylation is 1. The van der Waals surface area contributed by atoms with Gasteiger partial charge in [-0.2, -0.15) is 5.26 Å². The fourth-order valence-corrected chi connectivity index (χ4v) is 1.78. The van der Waals surface area contributed by atoms with E-state index in [4.69, 9.17) is 10.00 Å². The molecule has 0 aliphatic carbocycles. The number of rotatable bonds is 3. The standard InChI is InChI=1S/C14H11N3O3/c1-9-6-11(8-15)7-14(16-9)20-13-5-3-4-12(10(13)2)17(18)19/h3-7H,1-2H3. The van der Waals surface area contributed by atoms with Gasteiger partial charge in [0.1, 0.15) is 5.75 Å². The molecule has 2 rings (SSSR count). The molecule has 0 saturated heterocycles. The first-order valence-corrected chi connectivity index (χ1v) is 5.82. The van der Waals surface area contributed by atoms with Gasteiger partial charge >= 0.3 is 0 Å². The van der Waals surface area contributed by atoms with E-state index in [0.717, 1.165) is 0 Å². The molecular formula is C14H11N3O3. The number of nitro benzene ring substituents is 1. The molecule has 100 valence electrons. The first kappa shape index (κ1) is 13.5. The summed E-state index contributed by atoms with van der Waals surface area (Å²) in [6.07, 6.45) is 0. The molecule has 0 amide bonds. The Labute approximate surface area is 115 Å². The van der Waals surface area contributed by atoms with E-state index in [-0.39, 0.29) is 11.6 Å². The fraction of sp³-hybridized carbons (Fsp3) is 0.143. The van der Waals surface area contributed by atoms with E-state index in [1.165, 1.54) is 12.1 Å². The van der Waals surface area contributed by atoms with Crippen molar-refractivity contribution < 1.29 is 9.66 Å². The summed E-state index contributed by atoms with van der Waals surface area (Å²) in [5.74, 6) is 0.589. The molecule has 0 fully saturated rings. The summed E-state index contributed by atoms with van der Waals surface area (Å²) in [4.78, 5) is 14.6. The fourth-order valence-electron chi connectivity index (χ4n) is 1.78. The van der Waals surface area contributed by atoms with Crippen LogP contribution in [0.2, 0.25) is 0 Å². The third kappa shape index (κ3) is 2.72. The molecule has 1 aromatic heterocycles. The molecular weight excluding hydrogens is 258 g/mol. The Hall–Kier alpha value is -2.94. The molecule has 2 aromatic rings. The number of benzene rings is 1. The minimum Gasteiger partial charge on any atom is -0.438 e. The van der Waals surface area contributed by atoms with Gasteiger partial charge in [0, 0.05) is 17.8 Å². The molecule has 0 bridgehead atoms. The monoisotopic (exact) mass is 269 g/mol. The predicted octanol–water partition coefficient (Wildman–Crippen LogP) is 3.27. The van der Waals surface area contributed by atoms with Crippen molar-refractivity contribution in [2.24, 2.45) is 0 Å². The van der Waals surface area contributed by atoms with Crippen LogP contribution in [0.25, 0.3) is 0 Å². The zero-order valence-electron chi connectivity index (χ0n) is 11.0. The summed E-state index contributed by atoms with van der Waals surface area (Å²) >= 11 is 0. The number of aromatic nitrogens is 1. The van der Waals surface area contributed by atoms with E-state index in [9.17, 15) is 10.1 Å². The van der Waals surface area contributed by atoms with Gasteiger partial charge in [-0.25, -0.2) is 4.98 Å². The largest absolute Gasteiger partial charge is 0.438 e. The lowest BCUT2D eigenvalue weighted by Gasteiger charge is -2.08. The topological polar surface area (TPSA) is 89.0 Å². The van der Waals surface area contributed by atoms with Crippen molar-refractivity contribution in [3.8, 4) is 17.7 Å². The van der Waals surface area contributed by atoms with E-state index >= 15 is 0 Å². The lowest BCUT2D eigenvalue weighted by Crippen LogP contribution is -1.96. The molecule has 0 N–H and O–H groups in total. The second kappa shape index (κ2) is 5.36. The van der Waals surface area contributed by atoms with E-state index in [1.807, 2.05) is 6.07 Å². The minimum absolute atomic E-state index is 0.0179. The number of nitro groups is 1. The van der Waals surface area contributed by atoms with Crippen molar-refractivity contribution in [3.63, 3.8) is 0 Å². The molecule has 0 unspecified atom stereocenters. The number of pyridine rings is 1. The summed E-state index contributed by atoms with van der Waals surface area (Å²) < 4.78 is 5.56. The number of hydrogen-bond donors (Lipinski definition) is 0. The molecule has 1 heterocycles. The van der Waals surface area contributed by atoms with Gasteiger partial charge in [0.2, 0.25) is 5.88 Å². The van der Waals surface area contributed by atoms with Crippen LogP contribution in [0.3, 0.4) is 0 Å². The summed E-state index contributed by atoms with van der Waals surface area (Å²) in [5, 5.41) is 19.8. The summed E-state index contributed by atoms with van der Waals surface area (Å²) in [5.41, 5.74) is 1.47. The van der Waals surface area contributed by atoms with Crippen LogP contribution < -0.4 is 4.74 Å². The smallest absolute Gasteiger partial charge is 0.276 e. The van der Waals surface area contributed by atoms with Crippen molar-refractivity contribution in [1.29, 1.82) is 5.26 Å². The summed E-state index contributed by atoms with van der Waals surface area (Å²) in [6, 6.07) is 9.71. The Morgan fingerprint density at radius 2 is 2.10 bits per heavy atom. The van der Waals surface area contributed by atoms with Gasteiger partial charge in [-0.05, 0) is 26.0 Å². The Balaban J connectivity index is 2.41. The average molecular weight is 269 g/mol. The highest BCUT2D eigenvalue weighted by Gasteiger charge is 2.15. The normalized spacial score (nSPS) is 9.85. The highest BCUT2D eigenvalue weighted by molar-refractivity contribution is 5.49. The number of hydrogen-bond acceptors (Lipinski definition) is 5. The summed E-state index contributed by atoms with van der Waals surface area (Å²) in [7, 11) is 0. The highest BCUT2D eigenvalue weighted by atomic mass is 16.6. The van der Waals surface area contributed by atoms with Crippen LogP contribution in [-0.2, 0) is 0 Å². The third-order valence-corrected chi connectivity index (χ3v) is 2.73. The predicted molar refractivity (Wildman–Crippen MR) is 71.6 cm³/mol. The van der Waals surface area contributed by atoms with Crippen LogP contribution in [0.4, 0.5) is 5.69 Å². The zero-order valence-corrected chi connectivity index (χ0v) is 11.0. The SMILES string of the molecule is Cc1cc(C#N)cc(Oc2cccc([N+](=O)[O-])c2C)n1. The summed E-state index contributed by atoms with van der Waals surface area (Å²) in [6.45, 7) is 3.35. The van der Waals surface area contributed by atoms with Crippen LogP contribution in [0, 0.1) is 35.3 Å².